The Labute approximate surface area is 139 Å². The molecule has 2 rings (SSSR count). The molecule has 0 unspecified atom stereocenters. The number of nitrogens with one attached hydrogen (secondary N) is 2. The lowest BCUT2D eigenvalue weighted by atomic mass is 10.3. The maximum Gasteiger partial charge on any atom is 0.263 e. The normalized spacial score (nSPS) is 11.1. The van der Waals surface area contributed by atoms with Gasteiger partial charge in [0.15, 0.2) is 0 Å². The molecule has 0 aliphatic carbocycles. The Hall–Kier alpha value is -1.28. The lowest BCUT2D eigenvalue weighted by Crippen LogP contribution is -2.16. The summed E-state index contributed by atoms with van der Waals surface area (Å²) in [6.45, 7) is 2.77. The van der Waals surface area contributed by atoms with Crippen LogP contribution in [0.1, 0.15) is 13.3 Å². The smallest absolute Gasteiger partial charge is 0.263 e. The molecule has 2 N–H and O–H groups in total. The molecule has 0 aliphatic rings. The van der Waals surface area contributed by atoms with Crippen LogP contribution in [0.4, 0.5) is 11.4 Å². The van der Waals surface area contributed by atoms with Crippen LogP contribution in [0.5, 0.6) is 0 Å². The molecule has 112 valence electrons. The highest BCUT2D eigenvalue weighted by molar-refractivity contribution is 14.1. The van der Waals surface area contributed by atoms with E-state index in [1.807, 2.05) is 25.1 Å². The third kappa shape index (κ3) is 4.10. The van der Waals surface area contributed by atoms with Crippen molar-refractivity contribution in [2.24, 2.45) is 0 Å². The predicted octanol–water partition coefficient (Wildman–Crippen LogP) is 3.91. The number of hydrogen-bond donors (Lipinski definition) is 2. The molecule has 0 fully saturated rings. The fourth-order valence-electron chi connectivity index (χ4n) is 1.85. The zero-order valence-electron chi connectivity index (χ0n) is 11.6. The molecular weight excluding hydrogens is 399 g/mol. The lowest BCUT2D eigenvalue weighted by Gasteiger charge is -2.14. The van der Waals surface area contributed by atoms with Crippen molar-refractivity contribution >= 4 is 44.0 Å². The second kappa shape index (κ2) is 7.13. The van der Waals surface area contributed by atoms with E-state index < -0.39 is 10.0 Å². The standard InChI is InChI=1S/C15H17IN2O2S/c1-2-11-17-14-9-5-6-10-15(14)21(19,20)18-13-8-4-3-7-12(13)16/h3-10,17-18H,2,11H2,1H3. The van der Waals surface area contributed by atoms with Crippen LogP contribution in [0.2, 0.25) is 0 Å². The monoisotopic (exact) mass is 416 g/mol. The summed E-state index contributed by atoms with van der Waals surface area (Å²) in [4.78, 5) is 0.262. The van der Waals surface area contributed by atoms with E-state index in [0.717, 1.165) is 16.5 Å². The number of sulfonamides is 1. The molecule has 0 amide bonds. The predicted molar refractivity (Wildman–Crippen MR) is 95.2 cm³/mol. The third-order valence-electron chi connectivity index (χ3n) is 2.86. The highest BCUT2D eigenvalue weighted by Gasteiger charge is 2.18. The molecular formula is C15H17IN2O2S. The second-order valence-corrected chi connectivity index (χ2v) is 7.32. The summed E-state index contributed by atoms with van der Waals surface area (Å²) in [5, 5.41) is 3.15. The van der Waals surface area contributed by atoms with Gasteiger partial charge in [-0.25, -0.2) is 8.42 Å². The molecule has 0 heterocycles. The molecule has 21 heavy (non-hydrogen) atoms. The summed E-state index contributed by atoms with van der Waals surface area (Å²) in [6, 6.07) is 14.2. The van der Waals surface area contributed by atoms with Gasteiger partial charge in [0.1, 0.15) is 4.90 Å². The fourth-order valence-corrected chi connectivity index (χ4v) is 3.82. The Morgan fingerprint density at radius 3 is 2.29 bits per heavy atom. The molecule has 6 heteroatoms. The molecule has 0 saturated carbocycles. The maximum absolute atomic E-state index is 12.6. The van der Waals surface area contributed by atoms with Crippen molar-refractivity contribution in [1.82, 2.24) is 0 Å². The van der Waals surface area contributed by atoms with Gasteiger partial charge in [0.2, 0.25) is 0 Å². The van der Waals surface area contributed by atoms with Gasteiger partial charge in [0.25, 0.3) is 10.0 Å². The Kier molecular flexibility index (Phi) is 5.46. The van der Waals surface area contributed by atoms with Gasteiger partial charge < -0.3 is 5.32 Å². The quantitative estimate of drug-likeness (QED) is 0.703. The topological polar surface area (TPSA) is 58.2 Å². The third-order valence-corrected chi connectivity index (χ3v) is 5.22. The van der Waals surface area contributed by atoms with Crippen molar-refractivity contribution in [3.63, 3.8) is 0 Å². The number of hydrogen-bond acceptors (Lipinski definition) is 3. The summed E-state index contributed by atoms with van der Waals surface area (Å²) < 4.78 is 28.7. The molecule has 0 aromatic heterocycles. The minimum Gasteiger partial charge on any atom is -0.384 e. The molecule has 4 nitrogen and oxygen atoms in total. The largest absolute Gasteiger partial charge is 0.384 e. The first-order chi connectivity index (χ1) is 10.0. The van der Waals surface area contributed by atoms with Gasteiger partial charge in [-0.05, 0) is 53.3 Å². The average Bonchev–Trinajstić information content (AvgIpc) is 2.47. The van der Waals surface area contributed by atoms with Gasteiger partial charge in [-0.2, -0.15) is 0 Å². The molecule has 2 aromatic carbocycles. The van der Waals surface area contributed by atoms with Crippen LogP contribution in [0, 0.1) is 3.57 Å². The zero-order chi connectivity index (χ0) is 15.3. The molecule has 0 saturated heterocycles. The van der Waals surface area contributed by atoms with E-state index in [2.05, 4.69) is 32.6 Å². The van der Waals surface area contributed by atoms with E-state index >= 15 is 0 Å². The summed E-state index contributed by atoms with van der Waals surface area (Å²) in [6.07, 6.45) is 0.929. The van der Waals surface area contributed by atoms with E-state index in [-0.39, 0.29) is 4.90 Å². The summed E-state index contributed by atoms with van der Waals surface area (Å²) in [5.74, 6) is 0. The van der Waals surface area contributed by atoms with Crippen LogP contribution >= 0.6 is 22.6 Å². The van der Waals surface area contributed by atoms with E-state index in [1.54, 1.807) is 30.3 Å². The van der Waals surface area contributed by atoms with E-state index in [1.165, 1.54) is 0 Å². The number of benzene rings is 2. The molecule has 0 spiro atoms. The number of para-hydroxylation sites is 2. The fraction of sp³-hybridized carbons (Fsp3) is 0.200. The summed E-state index contributed by atoms with van der Waals surface area (Å²) in [5.41, 5.74) is 1.21. The average molecular weight is 416 g/mol. The molecule has 2 aromatic rings. The Balaban J connectivity index is 2.34. The van der Waals surface area contributed by atoms with Crippen LogP contribution in [-0.4, -0.2) is 15.0 Å². The molecule has 0 bridgehead atoms. The van der Waals surface area contributed by atoms with Crippen molar-refractivity contribution in [2.45, 2.75) is 18.2 Å². The Morgan fingerprint density at radius 2 is 1.62 bits per heavy atom. The summed E-state index contributed by atoms with van der Waals surface area (Å²) >= 11 is 2.11. The first-order valence-electron chi connectivity index (χ1n) is 6.65. The second-order valence-electron chi connectivity index (χ2n) is 4.51. The van der Waals surface area contributed by atoms with E-state index in [0.29, 0.717) is 11.4 Å². The first kappa shape index (κ1) is 16.1. The van der Waals surface area contributed by atoms with Gasteiger partial charge in [0, 0.05) is 10.1 Å². The summed E-state index contributed by atoms with van der Waals surface area (Å²) in [7, 11) is -3.61. The van der Waals surface area contributed by atoms with Gasteiger partial charge in [-0.1, -0.05) is 31.2 Å². The van der Waals surface area contributed by atoms with Gasteiger partial charge in [-0.15, -0.1) is 0 Å². The van der Waals surface area contributed by atoms with Crippen LogP contribution in [0.25, 0.3) is 0 Å². The van der Waals surface area contributed by atoms with E-state index in [9.17, 15) is 8.42 Å². The van der Waals surface area contributed by atoms with Crippen molar-refractivity contribution in [1.29, 1.82) is 0 Å². The van der Waals surface area contributed by atoms with E-state index in [4.69, 9.17) is 0 Å². The highest BCUT2D eigenvalue weighted by Crippen LogP contribution is 2.25. The van der Waals surface area contributed by atoms with Crippen molar-refractivity contribution < 1.29 is 8.42 Å². The van der Waals surface area contributed by atoms with Crippen molar-refractivity contribution in [3.8, 4) is 0 Å². The maximum atomic E-state index is 12.6. The van der Waals surface area contributed by atoms with Gasteiger partial charge in [-0.3, -0.25) is 4.72 Å². The van der Waals surface area contributed by atoms with Crippen LogP contribution in [-0.2, 0) is 10.0 Å². The number of halogens is 1. The minimum atomic E-state index is -3.61. The molecule has 0 atom stereocenters. The Morgan fingerprint density at radius 1 is 1.00 bits per heavy atom. The lowest BCUT2D eigenvalue weighted by molar-refractivity contribution is 0.601. The van der Waals surface area contributed by atoms with Crippen LogP contribution < -0.4 is 10.0 Å². The number of rotatable bonds is 6. The molecule has 0 radical (unpaired) electrons. The highest BCUT2D eigenvalue weighted by atomic mass is 127. The molecule has 0 aliphatic heterocycles. The SMILES string of the molecule is CCCNc1ccccc1S(=O)(=O)Nc1ccccc1I. The Bertz CT molecular complexity index is 717. The van der Waals surface area contributed by atoms with Crippen molar-refractivity contribution in [3.05, 3.63) is 52.1 Å². The van der Waals surface area contributed by atoms with Gasteiger partial charge >= 0.3 is 0 Å². The van der Waals surface area contributed by atoms with Crippen LogP contribution in [0.3, 0.4) is 0 Å². The van der Waals surface area contributed by atoms with Crippen molar-refractivity contribution in [2.75, 3.05) is 16.6 Å². The minimum absolute atomic E-state index is 0.262. The zero-order valence-corrected chi connectivity index (χ0v) is 14.6. The van der Waals surface area contributed by atoms with Crippen LogP contribution in [0.15, 0.2) is 53.4 Å². The first-order valence-corrected chi connectivity index (χ1v) is 9.21. The number of anilines is 2. The van der Waals surface area contributed by atoms with Gasteiger partial charge in [0.05, 0.1) is 11.4 Å².